The maximum absolute atomic E-state index is 9.30. The Morgan fingerprint density at radius 1 is 0.765 bits per heavy atom. The van der Waals surface area contributed by atoms with Gasteiger partial charge in [0.2, 0.25) is 5.69 Å². The van der Waals surface area contributed by atoms with Crippen LogP contribution >= 0.6 is 0 Å². The summed E-state index contributed by atoms with van der Waals surface area (Å²) in [7, 11) is 2.17. The largest absolute Gasteiger partial charge is 0.213 e. The highest BCUT2D eigenvalue weighted by atomic mass is 14.9. The number of pyridine rings is 1. The molecule has 0 atom stereocenters. The van der Waals surface area contributed by atoms with Crippen LogP contribution in [0.15, 0.2) is 66.9 Å². The Hall–Kier alpha value is -3.19. The molecule has 34 heavy (non-hydrogen) atoms. The van der Waals surface area contributed by atoms with Crippen LogP contribution < -0.4 is 4.57 Å². The second kappa shape index (κ2) is 7.67. The van der Waals surface area contributed by atoms with Crippen molar-refractivity contribution in [3.8, 4) is 33.5 Å². The summed E-state index contributed by atoms with van der Waals surface area (Å²) in [5.41, 5.74) is 16.8. The lowest BCUT2D eigenvalue weighted by molar-refractivity contribution is -0.660. The van der Waals surface area contributed by atoms with Gasteiger partial charge >= 0.3 is 0 Å². The van der Waals surface area contributed by atoms with Crippen LogP contribution in [0.3, 0.4) is 0 Å². The zero-order valence-electron chi connectivity index (χ0n) is 21.2. The quantitative estimate of drug-likeness (QED) is 0.242. The number of aromatic nitrogens is 1. The topological polar surface area (TPSA) is 3.88 Å². The minimum absolute atomic E-state index is 0.450. The summed E-state index contributed by atoms with van der Waals surface area (Å²) >= 11 is 0. The Bertz CT molecular complexity index is 1510. The van der Waals surface area contributed by atoms with Crippen LogP contribution in [-0.2, 0) is 19.9 Å². The van der Waals surface area contributed by atoms with Crippen molar-refractivity contribution in [1.82, 2.24) is 0 Å². The van der Waals surface area contributed by atoms with E-state index in [9.17, 15) is 1.37 Å². The third kappa shape index (κ3) is 2.89. The molecule has 168 valence electrons. The van der Waals surface area contributed by atoms with E-state index in [-0.39, 0.29) is 0 Å². The maximum Gasteiger partial charge on any atom is 0.213 e. The first-order valence-electron chi connectivity index (χ1n) is 13.4. The van der Waals surface area contributed by atoms with E-state index in [1.165, 1.54) is 86.2 Å². The van der Waals surface area contributed by atoms with E-state index in [0.717, 1.165) is 25.7 Å². The Balaban J connectivity index is 1.51. The van der Waals surface area contributed by atoms with Crippen molar-refractivity contribution >= 4 is 0 Å². The summed E-state index contributed by atoms with van der Waals surface area (Å²) in [4.78, 5) is 0. The first-order chi connectivity index (χ1) is 17.0. The van der Waals surface area contributed by atoms with Gasteiger partial charge in [0.05, 0.1) is 5.56 Å². The minimum Gasteiger partial charge on any atom is -0.201 e. The molecule has 0 N–H and O–H groups in total. The number of rotatable bonds is 2. The Morgan fingerprint density at radius 3 is 2.09 bits per heavy atom. The predicted molar refractivity (Wildman–Crippen MR) is 140 cm³/mol. The molecule has 0 radical (unpaired) electrons. The van der Waals surface area contributed by atoms with Crippen LogP contribution in [0, 0.1) is 6.92 Å². The van der Waals surface area contributed by atoms with E-state index in [1.807, 2.05) is 0 Å². The van der Waals surface area contributed by atoms with Crippen LogP contribution in [-0.4, -0.2) is 0 Å². The maximum atomic E-state index is 9.30. The molecule has 1 aromatic heterocycles. The molecule has 7 rings (SSSR count). The molecule has 3 aromatic carbocycles. The molecular weight excluding hydrogens is 410 g/mol. The average Bonchev–Trinajstić information content (AvgIpc) is 3.44. The number of hydrogen-bond acceptors (Lipinski definition) is 0. The molecule has 0 unspecified atom stereocenters. The van der Waals surface area contributed by atoms with Gasteiger partial charge < -0.3 is 0 Å². The van der Waals surface area contributed by atoms with Gasteiger partial charge in [0.25, 0.3) is 0 Å². The zero-order valence-corrected chi connectivity index (χ0v) is 20.2. The van der Waals surface area contributed by atoms with Crippen molar-refractivity contribution in [3.63, 3.8) is 0 Å². The molecule has 1 nitrogen and oxygen atoms in total. The molecule has 4 aromatic rings. The number of hydrogen-bond donors (Lipinski definition) is 0. The highest BCUT2D eigenvalue weighted by Gasteiger charge is 2.35. The Labute approximate surface area is 204 Å². The van der Waals surface area contributed by atoms with Gasteiger partial charge in [-0.25, -0.2) is 4.57 Å². The van der Waals surface area contributed by atoms with Crippen molar-refractivity contribution < 1.29 is 5.94 Å². The summed E-state index contributed by atoms with van der Waals surface area (Å²) in [6, 6.07) is 22.5. The van der Waals surface area contributed by atoms with Gasteiger partial charge in [-0.15, -0.1) is 0 Å². The molecule has 3 aliphatic rings. The monoisotopic (exact) mass is 443 g/mol. The number of nitrogens with zero attached hydrogens (tertiary/aromatic N) is 1. The van der Waals surface area contributed by atoms with Gasteiger partial charge in [-0.2, -0.15) is 0 Å². The third-order valence-corrected chi connectivity index (χ3v) is 8.56. The summed E-state index contributed by atoms with van der Waals surface area (Å²) in [6.45, 7) is 2.34. The van der Waals surface area contributed by atoms with Gasteiger partial charge in [-0.05, 0) is 94.1 Å². The van der Waals surface area contributed by atoms with Gasteiger partial charge in [0.15, 0.2) is 6.20 Å². The Morgan fingerprint density at radius 2 is 1.38 bits per heavy atom. The molecular formula is C33H32N+. The number of benzene rings is 3. The fourth-order valence-electron chi connectivity index (χ4n) is 6.85. The van der Waals surface area contributed by atoms with Crippen molar-refractivity contribution in [2.75, 3.05) is 0 Å². The van der Waals surface area contributed by atoms with Crippen LogP contribution in [0.2, 0.25) is 0 Å². The predicted octanol–water partition coefficient (Wildman–Crippen LogP) is 7.68. The van der Waals surface area contributed by atoms with E-state index in [4.69, 9.17) is 0 Å². The molecule has 0 bridgehead atoms. The summed E-state index contributed by atoms with van der Waals surface area (Å²) in [5.74, 6) is -0.450. The normalized spacial score (nSPS) is 17.5. The van der Waals surface area contributed by atoms with Crippen molar-refractivity contribution in [2.45, 2.75) is 57.8 Å². The molecule has 1 heterocycles. The van der Waals surface area contributed by atoms with Crippen LogP contribution in [0.4, 0.5) is 0 Å². The molecule has 0 spiro atoms. The van der Waals surface area contributed by atoms with E-state index < -0.39 is 5.89 Å². The first-order valence-corrected chi connectivity index (χ1v) is 12.9. The first kappa shape index (κ1) is 19.2. The molecule has 0 aliphatic heterocycles. The number of aryl methyl sites for hydroxylation is 1. The van der Waals surface area contributed by atoms with Crippen molar-refractivity contribution in [1.29, 1.82) is 0 Å². The number of fused-ring (bicyclic) bond motifs is 7. The second-order valence-electron chi connectivity index (χ2n) is 10.5. The molecule has 1 saturated carbocycles. The van der Waals surface area contributed by atoms with E-state index >= 15 is 0 Å². The lowest BCUT2D eigenvalue weighted by Crippen LogP contribution is -2.31. The molecule has 0 amide bonds. The molecule has 1 fully saturated rings. The highest BCUT2D eigenvalue weighted by Crippen LogP contribution is 2.53. The Kier molecular flexibility index (Phi) is 4.32. The van der Waals surface area contributed by atoms with E-state index in [1.54, 1.807) is 0 Å². The molecule has 3 aliphatic carbocycles. The van der Waals surface area contributed by atoms with Gasteiger partial charge in [0.1, 0.15) is 7.05 Å². The van der Waals surface area contributed by atoms with Gasteiger partial charge in [-0.3, -0.25) is 0 Å². The van der Waals surface area contributed by atoms with Gasteiger partial charge in [0, 0.05) is 13.5 Å². The van der Waals surface area contributed by atoms with Crippen LogP contribution in [0.1, 0.15) is 72.7 Å². The summed E-state index contributed by atoms with van der Waals surface area (Å²) in [6.07, 6.45) is 9.74. The highest BCUT2D eigenvalue weighted by molar-refractivity contribution is 6.00. The summed E-state index contributed by atoms with van der Waals surface area (Å²) in [5, 5.41) is 0. The van der Waals surface area contributed by atoms with E-state index in [2.05, 4.69) is 85.4 Å². The van der Waals surface area contributed by atoms with Crippen LogP contribution in [0.5, 0.6) is 0 Å². The van der Waals surface area contributed by atoms with Crippen LogP contribution in [0.25, 0.3) is 33.5 Å². The summed E-state index contributed by atoms with van der Waals surface area (Å²) < 4.78 is 11.6. The smallest absolute Gasteiger partial charge is 0.201 e. The lowest BCUT2D eigenvalue weighted by Gasteiger charge is -2.22. The molecule has 0 saturated heterocycles. The van der Waals surface area contributed by atoms with E-state index in [0.29, 0.717) is 0 Å². The second-order valence-corrected chi connectivity index (χ2v) is 10.5. The minimum atomic E-state index is -0.450. The average molecular weight is 444 g/mol. The standard InChI is InChI=1S/C33H32N/c1-21-28-18-24-12-6-8-14-26(24)32(28)33-27-15-9-7-13-25(27)19-29(33)31(21)30-20-23(16-17-34(30)2)22-10-4-3-5-11-22/h6-9,12-17,20,22H,3-5,10-11,18-19H2,1-2H3/q+1/i22D. The SMILES string of the molecule is [2H]C1(c2cc[n+](C)c(-c3c(C)c4c(c5c3Cc3ccccc3-5)-c3ccccc3C4)c2)CCCCC1. The van der Waals surface area contributed by atoms with Crippen molar-refractivity contribution in [2.24, 2.45) is 7.05 Å². The fourth-order valence-corrected chi connectivity index (χ4v) is 6.85. The third-order valence-electron chi connectivity index (χ3n) is 8.56. The lowest BCUT2D eigenvalue weighted by atomic mass is 9.82. The van der Waals surface area contributed by atoms with Crippen molar-refractivity contribution in [3.05, 3.63) is 100 Å². The fraction of sp³-hybridized carbons (Fsp3) is 0.303. The zero-order chi connectivity index (χ0) is 23.7. The van der Waals surface area contributed by atoms with Gasteiger partial charge in [-0.1, -0.05) is 67.8 Å². The molecule has 1 heteroatoms.